The predicted octanol–water partition coefficient (Wildman–Crippen LogP) is 3.17. The first-order valence-corrected chi connectivity index (χ1v) is 10.4. The summed E-state index contributed by atoms with van der Waals surface area (Å²) in [6.07, 6.45) is -4.34. The van der Waals surface area contributed by atoms with E-state index in [0.29, 0.717) is 35.4 Å². The topological polar surface area (TPSA) is 134 Å². The number of carboxylic acids is 1. The zero-order valence-electron chi connectivity index (χ0n) is 17.3. The van der Waals surface area contributed by atoms with Crippen molar-refractivity contribution in [3.63, 3.8) is 0 Å². The first-order chi connectivity index (χ1) is 15.6. The molecule has 2 aromatic heterocycles. The molecule has 0 spiro atoms. The molecule has 4 rings (SSSR count). The molecule has 1 amide bonds. The lowest BCUT2D eigenvalue weighted by Gasteiger charge is -2.27. The Morgan fingerprint density at radius 1 is 1.30 bits per heavy atom. The summed E-state index contributed by atoms with van der Waals surface area (Å²) in [4.78, 5) is 28.3. The van der Waals surface area contributed by atoms with Crippen LogP contribution in [0, 0.1) is 6.92 Å². The zero-order valence-corrected chi connectivity index (χ0v) is 18.2. The maximum Gasteiger partial charge on any atom is 0.490 e. The van der Waals surface area contributed by atoms with Crippen molar-refractivity contribution in [3.05, 3.63) is 57.9 Å². The number of aryl methyl sites for hydroxylation is 1. The third kappa shape index (κ3) is 6.00. The van der Waals surface area contributed by atoms with E-state index in [2.05, 4.69) is 15.2 Å². The van der Waals surface area contributed by atoms with Crippen molar-refractivity contribution < 1.29 is 32.6 Å². The number of alkyl halides is 3. The number of halogens is 3. The number of rotatable bonds is 4. The molecule has 0 bridgehead atoms. The lowest BCUT2D eigenvalue weighted by Crippen LogP contribution is -2.36. The van der Waals surface area contributed by atoms with Gasteiger partial charge in [0.1, 0.15) is 22.9 Å². The molecule has 0 unspecified atom stereocenters. The Balaban J connectivity index is 0.000000383. The van der Waals surface area contributed by atoms with Crippen LogP contribution < -0.4 is 10.5 Å². The number of aromatic amines is 1. The smallest absolute Gasteiger partial charge is 0.487 e. The normalized spacial score (nSPS) is 13.0. The molecule has 0 atom stereocenters. The molecule has 0 aliphatic carbocycles. The van der Waals surface area contributed by atoms with E-state index in [4.69, 9.17) is 20.4 Å². The lowest BCUT2D eigenvalue weighted by atomic mass is 10.1. The van der Waals surface area contributed by atoms with Crippen LogP contribution in [0.15, 0.2) is 30.3 Å². The van der Waals surface area contributed by atoms with Gasteiger partial charge in [-0.25, -0.2) is 9.78 Å². The number of benzene rings is 1. The molecule has 9 nitrogen and oxygen atoms in total. The number of ether oxygens (including phenoxy) is 1. The molecule has 1 aliphatic rings. The van der Waals surface area contributed by atoms with Crippen LogP contribution in [0.5, 0.6) is 5.75 Å². The summed E-state index contributed by atoms with van der Waals surface area (Å²) >= 11 is 1.24. The van der Waals surface area contributed by atoms with Gasteiger partial charge in [0.25, 0.3) is 5.91 Å². The molecule has 0 saturated heterocycles. The molecule has 1 aliphatic heterocycles. The zero-order chi connectivity index (χ0) is 24.2. The Kier molecular flexibility index (Phi) is 7.21. The second-order valence-corrected chi connectivity index (χ2v) is 8.01. The summed E-state index contributed by atoms with van der Waals surface area (Å²) < 4.78 is 37.5. The fraction of sp³-hybridized carbons (Fsp3) is 0.300. The van der Waals surface area contributed by atoms with Crippen molar-refractivity contribution in [1.29, 1.82) is 0 Å². The van der Waals surface area contributed by atoms with E-state index < -0.39 is 12.1 Å². The van der Waals surface area contributed by atoms with E-state index in [0.717, 1.165) is 29.1 Å². The second kappa shape index (κ2) is 9.90. The Bertz CT molecular complexity index is 1130. The summed E-state index contributed by atoms with van der Waals surface area (Å²) in [6, 6.07) is 9.62. The van der Waals surface area contributed by atoms with Crippen LogP contribution in [-0.2, 0) is 24.4 Å². The molecule has 0 radical (unpaired) electrons. The number of nitrogens with one attached hydrogen (secondary N) is 1. The molecule has 1 aromatic carbocycles. The third-order valence-corrected chi connectivity index (χ3v) is 5.65. The van der Waals surface area contributed by atoms with E-state index >= 15 is 0 Å². The monoisotopic (exact) mass is 483 g/mol. The van der Waals surface area contributed by atoms with Gasteiger partial charge in [0.15, 0.2) is 5.13 Å². The fourth-order valence-electron chi connectivity index (χ4n) is 3.07. The van der Waals surface area contributed by atoms with Crippen molar-refractivity contribution in [2.24, 2.45) is 0 Å². The lowest BCUT2D eigenvalue weighted by molar-refractivity contribution is -0.192. The minimum absolute atomic E-state index is 0.0292. The van der Waals surface area contributed by atoms with E-state index in [-0.39, 0.29) is 5.91 Å². The number of para-hydroxylation sites is 1. The number of carboxylic acid groups (broad SMARTS) is 1. The first kappa shape index (κ1) is 24.0. The number of thiazole rings is 1. The van der Waals surface area contributed by atoms with Crippen LogP contribution in [0.25, 0.3) is 0 Å². The molecule has 0 fully saturated rings. The minimum atomic E-state index is -5.08. The molecule has 13 heteroatoms. The maximum atomic E-state index is 12.8. The number of fused-ring (bicyclic) bond motifs is 1. The number of hydrogen-bond acceptors (Lipinski definition) is 7. The van der Waals surface area contributed by atoms with Crippen molar-refractivity contribution in [2.45, 2.75) is 32.7 Å². The van der Waals surface area contributed by atoms with Gasteiger partial charge in [-0.15, -0.1) is 0 Å². The summed E-state index contributed by atoms with van der Waals surface area (Å²) in [6.45, 7) is 3.33. The van der Waals surface area contributed by atoms with Gasteiger partial charge in [-0.1, -0.05) is 29.5 Å². The van der Waals surface area contributed by atoms with Gasteiger partial charge >= 0.3 is 12.1 Å². The quantitative estimate of drug-likeness (QED) is 0.519. The Hall–Kier alpha value is -3.61. The average molecular weight is 483 g/mol. The molecular formula is C20H20F3N5O4S. The molecule has 176 valence electrons. The van der Waals surface area contributed by atoms with E-state index in [1.165, 1.54) is 11.3 Å². The van der Waals surface area contributed by atoms with Crippen LogP contribution in [0.2, 0.25) is 0 Å². The SMILES string of the molecule is Cc1nc(N)sc1C(=O)N1CCc2[nH]nc(COc3ccccc3)c2C1.O=C(O)C(F)(F)F. The number of nitrogens with two attached hydrogens (primary N) is 1. The van der Waals surface area contributed by atoms with Crippen LogP contribution in [0.1, 0.15) is 32.3 Å². The summed E-state index contributed by atoms with van der Waals surface area (Å²) in [5, 5.41) is 15.0. The second-order valence-electron chi connectivity index (χ2n) is 6.98. The number of nitrogens with zero attached hydrogens (tertiary/aromatic N) is 3. The van der Waals surface area contributed by atoms with E-state index in [1.54, 1.807) is 0 Å². The molecule has 4 N–H and O–H groups in total. The number of carbonyl (C=O) groups is 2. The molecule has 33 heavy (non-hydrogen) atoms. The number of anilines is 1. The van der Waals surface area contributed by atoms with Crippen molar-refractivity contribution in [2.75, 3.05) is 12.3 Å². The molecule has 3 aromatic rings. The van der Waals surface area contributed by atoms with Gasteiger partial charge in [-0.3, -0.25) is 9.89 Å². The Morgan fingerprint density at radius 2 is 1.97 bits per heavy atom. The highest BCUT2D eigenvalue weighted by atomic mass is 32.1. The summed E-state index contributed by atoms with van der Waals surface area (Å²) in [7, 11) is 0. The first-order valence-electron chi connectivity index (χ1n) is 9.61. The molecule has 3 heterocycles. The molecular weight excluding hydrogens is 463 g/mol. The van der Waals surface area contributed by atoms with Gasteiger partial charge in [0, 0.05) is 30.8 Å². The van der Waals surface area contributed by atoms with Crippen molar-refractivity contribution >= 4 is 28.3 Å². The van der Waals surface area contributed by atoms with E-state index in [1.807, 2.05) is 42.2 Å². The number of hydrogen-bond donors (Lipinski definition) is 3. The average Bonchev–Trinajstić information content (AvgIpc) is 3.33. The maximum absolute atomic E-state index is 12.8. The largest absolute Gasteiger partial charge is 0.490 e. The standard InChI is InChI=1S/C18H19N5O2S.C2HF3O2/c1-11-16(26-18(19)20-11)17(24)23-8-7-14-13(9-23)15(22-21-14)10-25-12-5-3-2-4-6-12;3-2(4,5)1(6)7/h2-6H,7-10H2,1H3,(H2,19,20)(H,21,22);(H,6,7). The fourth-order valence-corrected chi connectivity index (χ4v) is 3.88. The Labute approximate surface area is 190 Å². The van der Waals surface area contributed by atoms with E-state index in [9.17, 15) is 18.0 Å². The van der Waals surface area contributed by atoms with Gasteiger partial charge in [-0.05, 0) is 19.1 Å². The van der Waals surface area contributed by atoms with Crippen LogP contribution in [-0.4, -0.2) is 49.8 Å². The van der Waals surface area contributed by atoms with Gasteiger partial charge in [0.05, 0.1) is 5.69 Å². The number of aliphatic carboxylic acids is 1. The van der Waals surface area contributed by atoms with Crippen LogP contribution in [0.4, 0.5) is 18.3 Å². The summed E-state index contributed by atoms with van der Waals surface area (Å²) in [5.74, 6) is -1.99. The highest BCUT2D eigenvalue weighted by Gasteiger charge is 2.38. The number of aromatic nitrogens is 3. The number of carbonyl (C=O) groups excluding carboxylic acids is 1. The summed E-state index contributed by atoms with van der Waals surface area (Å²) in [5.41, 5.74) is 9.36. The predicted molar refractivity (Wildman–Crippen MR) is 113 cm³/mol. The number of H-pyrrole nitrogens is 1. The van der Waals surface area contributed by atoms with Gasteiger partial charge in [-0.2, -0.15) is 18.3 Å². The number of nitrogen functional groups attached to an aromatic ring is 1. The van der Waals surface area contributed by atoms with Crippen LogP contribution >= 0.6 is 11.3 Å². The van der Waals surface area contributed by atoms with Crippen molar-refractivity contribution in [3.8, 4) is 5.75 Å². The number of amides is 1. The molecule has 0 saturated carbocycles. The Morgan fingerprint density at radius 3 is 2.55 bits per heavy atom. The third-order valence-electron chi connectivity index (χ3n) is 4.67. The minimum Gasteiger partial charge on any atom is -0.487 e. The highest BCUT2D eigenvalue weighted by molar-refractivity contribution is 7.17. The van der Waals surface area contributed by atoms with Gasteiger partial charge in [0.2, 0.25) is 0 Å². The van der Waals surface area contributed by atoms with Gasteiger partial charge < -0.3 is 20.5 Å². The van der Waals surface area contributed by atoms with Crippen molar-refractivity contribution in [1.82, 2.24) is 20.1 Å². The highest BCUT2D eigenvalue weighted by Crippen LogP contribution is 2.26. The van der Waals surface area contributed by atoms with Crippen LogP contribution in [0.3, 0.4) is 0 Å².